The topological polar surface area (TPSA) is 93.1 Å². The number of aromatic nitrogens is 2. The van der Waals surface area contributed by atoms with Crippen LogP contribution in [-0.4, -0.2) is 21.4 Å². The molecule has 0 aliphatic rings. The predicted octanol–water partition coefficient (Wildman–Crippen LogP) is 3.94. The average molecular weight is 475 g/mol. The van der Waals surface area contributed by atoms with E-state index < -0.39 is 5.56 Å². The lowest BCUT2D eigenvalue weighted by Crippen LogP contribution is -2.32. The van der Waals surface area contributed by atoms with Crippen molar-refractivity contribution in [1.29, 1.82) is 0 Å². The third kappa shape index (κ3) is 5.88. The number of benzene rings is 3. The van der Waals surface area contributed by atoms with Crippen molar-refractivity contribution < 1.29 is 9.59 Å². The summed E-state index contributed by atoms with van der Waals surface area (Å²) in [6.07, 6.45) is 0.280. The van der Waals surface area contributed by atoms with Crippen LogP contribution in [0.25, 0.3) is 11.0 Å². The van der Waals surface area contributed by atoms with Gasteiger partial charge in [-0.05, 0) is 35.9 Å². The lowest BCUT2D eigenvalue weighted by atomic mass is 10.2. The number of hydrogen-bond acceptors (Lipinski definition) is 4. The molecular weight excluding hydrogens is 452 g/mol. The van der Waals surface area contributed by atoms with E-state index in [2.05, 4.69) is 15.6 Å². The zero-order valence-electron chi connectivity index (χ0n) is 18.3. The Morgan fingerprint density at radius 2 is 1.68 bits per heavy atom. The monoisotopic (exact) mass is 474 g/mol. The summed E-state index contributed by atoms with van der Waals surface area (Å²) in [4.78, 5) is 42.7. The standard InChI is InChI=1S/C26H23ClN4O3/c27-19-9-6-10-20(15-19)29-25(33)17-31-23-12-5-4-11-21(23)30-22(26(31)34)13-14-24(32)28-16-18-7-2-1-3-8-18/h1-12,15H,13-14,16-17H2,(H,28,32)(H,29,33). The van der Waals surface area contributed by atoms with Crippen molar-refractivity contribution in [3.05, 3.63) is 105 Å². The third-order valence-corrected chi connectivity index (χ3v) is 5.49. The Hall–Kier alpha value is -3.97. The first-order valence-electron chi connectivity index (χ1n) is 10.8. The molecule has 2 amide bonds. The highest BCUT2D eigenvalue weighted by atomic mass is 35.5. The fraction of sp³-hybridized carbons (Fsp3) is 0.154. The molecule has 0 saturated carbocycles. The van der Waals surface area contributed by atoms with Gasteiger partial charge in [0.1, 0.15) is 12.2 Å². The minimum absolute atomic E-state index is 0.113. The van der Waals surface area contributed by atoms with E-state index in [1.54, 1.807) is 42.5 Å². The largest absolute Gasteiger partial charge is 0.352 e. The number of anilines is 1. The summed E-state index contributed by atoms with van der Waals surface area (Å²) in [6.45, 7) is 0.223. The predicted molar refractivity (Wildman–Crippen MR) is 133 cm³/mol. The molecular formula is C26H23ClN4O3. The maximum atomic E-state index is 13.2. The molecule has 0 saturated heterocycles. The Morgan fingerprint density at radius 1 is 0.912 bits per heavy atom. The van der Waals surface area contributed by atoms with Crippen LogP contribution < -0.4 is 16.2 Å². The molecule has 4 aromatic rings. The van der Waals surface area contributed by atoms with Gasteiger partial charge in [0.15, 0.2) is 0 Å². The van der Waals surface area contributed by atoms with E-state index in [-0.39, 0.29) is 36.9 Å². The Labute approximate surface area is 201 Å². The number of nitrogens with one attached hydrogen (secondary N) is 2. The molecule has 0 aliphatic carbocycles. The number of hydrogen-bond donors (Lipinski definition) is 2. The number of fused-ring (bicyclic) bond motifs is 1. The highest BCUT2D eigenvalue weighted by molar-refractivity contribution is 6.30. The molecule has 8 heteroatoms. The SMILES string of the molecule is O=C(CCc1nc2ccccc2n(CC(=O)Nc2cccc(Cl)c2)c1=O)NCc1ccccc1. The molecule has 0 unspecified atom stereocenters. The van der Waals surface area contributed by atoms with Gasteiger partial charge < -0.3 is 10.6 Å². The van der Waals surface area contributed by atoms with E-state index in [4.69, 9.17) is 11.6 Å². The molecule has 34 heavy (non-hydrogen) atoms. The number of carbonyl (C=O) groups is 2. The van der Waals surface area contributed by atoms with Crippen molar-refractivity contribution in [2.45, 2.75) is 25.9 Å². The van der Waals surface area contributed by atoms with Crippen molar-refractivity contribution in [2.75, 3.05) is 5.32 Å². The van der Waals surface area contributed by atoms with Crippen LogP contribution in [0.4, 0.5) is 5.69 Å². The average Bonchev–Trinajstić information content (AvgIpc) is 2.84. The summed E-state index contributed by atoms with van der Waals surface area (Å²) in [5, 5.41) is 6.11. The van der Waals surface area contributed by atoms with Gasteiger partial charge in [-0.1, -0.05) is 60.1 Å². The van der Waals surface area contributed by atoms with Crippen molar-refractivity contribution in [2.24, 2.45) is 0 Å². The van der Waals surface area contributed by atoms with Crippen LogP contribution >= 0.6 is 11.6 Å². The van der Waals surface area contributed by atoms with Crippen molar-refractivity contribution in [1.82, 2.24) is 14.9 Å². The summed E-state index contributed by atoms with van der Waals surface area (Å²) in [5.41, 5.74) is 2.51. The van der Waals surface area contributed by atoms with Gasteiger partial charge in [0, 0.05) is 30.1 Å². The smallest absolute Gasteiger partial charge is 0.273 e. The fourth-order valence-corrected chi connectivity index (χ4v) is 3.78. The minimum atomic E-state index is -0.393. The van der Waals surface area contributed by atoms with E-state index in [1.165, 1.54) is 4.57 Å². The molecule has 2 N–H and O–H groups in total. The fourth-order valence-electron chi connectivity index (χ4n) is 3.59. The van der Waals surface area contributed by atoms with Gasteiger partial charge in [-0.25, -0.2) is 4.98 Å². The van der Waals surface area contributed by atoms with Crippen LogP contribution in [-0.2, 0) is 29.1 Å². The molecule has 1 heterocycles. The van der Waals surface area contributed by atoms with Crippen LogP contribution in [0.5, 0.6) is 0 Å². The molecule has 3 aromatic carbocycles. The molecule has 0 bridgehead atoms. The highest BCUT2D eigenvalue weighted by Crippen LogP contribution is 2.15. The summed E-state index contributed by atoms with van der Waals surface area (Å²) in [7, 11) is 0. The van der Waals surface area contributed by atoms with Gasteiger partial charge in [-0.2, -0.15) is 0 Å². The number of aryl methyl sites for hydroxylation is 1. The number of rotatable bonds is 8. The van der Waals surface area contributed by atoms with E-state index >= 15 is 0 Å². The Kier molecular flexibility index (Phi) is 7.34. The van der Waals surface area contributed by atoms with Crippen molar-refractivity contribution in [3.8, 4) is 0 Å². The molecule has 0 fully saturated rings. The van der Waals surface area contributed by atoms with Crippen LogP contribution in [0.2, 0.25) is 5.02 Å². The Bertz CT molecular complexity index is 1390. The van der Waals surface area contributed by atoms with Crippen molar-refractivity contribution in [3.63, 3.8) is 0 Å². The van der Waals surface area contributed by atoms with E-state index in [0.717, 1.165) is 5.56 Å². The Balaban J connectivity index is 1.49. The van der Waals surface area contributed by atoms with Crippen molar-refractivity contribution >= 4 is 40.1 Å². The quantitative estimate of drug-likeness (QED) is 0.404. The zero-order valence-corrected chi connectivity index (χ0v) is 19.1. The van der Waals surface area contributed by atoms with Crippen LogP contribution in [0.1, 0.15) is 17.7 Å². The highest BCUT2D eigenvalue weighted by Gasteiger charge is 2.15. The van der Waals surface area contributed by atoms with E-state index in [9.17, 15) is 14.4 Å². The molecule has 0 atom stereocenters. The molecule has 0 radical (unpaired) electrons. The molecule has 1 aromatic heterocycles. The van der Waals surface area contributed by atoms with E-state index in [0.29, 0.717) is 28.3 Å². The second-order valence-electron chi connectivity index (χ2n) is 7.76. The van der Waals surface area contributed by atoms with Crippen LogP contribution in [0, 0.1) is 0 Å². The molecule has 0 spiro atoms. The lowest BCUT2D eigenvalue weighted by Gasteiger charge is -2.13. The number of nitrogens with zero attached hydrogens (tertiary/aromatic N) is 2. The van der Waals surface area contributed by atoms with Gasteiger partial charge in [-0.3, -0.25) is 19.0 Å². The first kappa shape index (κ1) is 23.2. The summed E-state index contributed by atoms with van der Waals surface area (Å²) < 4.78 is 1.39. The maximum absolute atomic E-state index is 13.2. The molecule has 172 valence electrons. The normalized spacial score (nSPS) is 10.7. The zero-order chi connectivity index (χ0) is 23.9. The molecule has 4 rings (SSSR count). The van der Waals surface area contributed by atoms with Gasteiger partial charge in [-0.15, -0.1) is 0 Å². The van der Waals surface area contributed by atoms with Gasteiger partial charge >= 0.3 is 0 Å². The number of amides is 2. The van der Waals surface area contributed by atoms with Crippen LogP contribution in [0.15, 0.2) is 83.7 Å². The van der Waals surface area contributed by atoms with Gasteiger partial charge in [0.2, 0.25) is 11.8 Å². The van der Waals surface area contributed by atoms with Gasteiger partial charge in [0.05, 0.1) is 11.0 Å². The number of carbonyl (C=O) groups excluding carboxylic acids is 2. The van der Waals surface area contributed by atoms with Gasteiger partial charge in [0.25, 0.3) is 5.56 Å². The number of halogens is 1. The number of para-hydroxylation sites is 2. The Morgan fingerprint density at radius 3 is 2.47 bits per heavy atom. The summed E-state index contributed by atoms with van der Waals surface area (Å²) >= 11 is 5.98. The second kappa shape index (κ2) is 10.8. The second-order valence-corrected chi connectivity index (χ2v) is 8.20. The van der Waals surface area contributed by atoms with E-state index in [1.807, 2.05) is 36.4 Å². The van der Waals surface area contributed by atoms with Crippen LogP contribution in [0.3, 0.4) is 0 Å². The summed E-state index contributed by atoms with van der Waals surface area (Å²) in [5.74, 6) is -0.546. The first-order valence-corrected chi connectivity index (χ1v) is 11.2. The minimum Gasteiger partial charge on any atom is -0.352 e. The first-order chi connectivity index (χ1) is 16.5. The molecule has 7 nitrogen and oxygen atoms in total. The summed E-state index contributed by atoms with van der Waals surface area (Å²) in [6, 6.07) is 23.5. The third-order valence-electron chi connectivity index (χ3n) is 5.25. The molecule has 0 aliphatic heterocycles. The maximum Gasteiger partial charge on any atom is 0.273 e. The lowest BCUT2D eigenvalue weighted by molar-refractivity contribution is -0.121.